The third kappa shape index (κ3) is 3.83. The predicted octanol–water partition coefficient (Wildman–Crippen LogP) is 3.78. The molecule has 0 spiro atoms. The van der Waals surface area contributed by atoms with Gasteiger partial charge in [-0.1, -0.05) is 0 Å². The van der Waals surface area contributed by atoms with Crippen molar-refractivity contribution < 1.29 is 13.2 Å². The quantitative estimate of drug-likeness (QED) is 0.760. The number of carbonyl (C=O) groups is 1. The number of amides is 2. The summed E-state index contributed by atoms with van der Waals surface area (Å²) in [7, 11) is -2.20. The summed E-state index contributed by atoms with van der Waals surface area (Å²) in [6.07, 6.45) is 0. The summed E-state index contributed by atoms with van der Waals surface area (Å²) in [4.78, 5) is 11.6. The van der Waals surface area contributed by atoms with Gasteiger partial charge >= 0.3 is 6.03 Å². The van der Waals surface area contributed by atoms with Crippen molar-refractivity contribution in [3.63, 3.8) is 0 Å². The van der Waals surface area contributed by atoms with Crippen molar-refractivity contribution in [3.05, 3.63) is 52.1 Å². The zero-order chi connectivity index (χ0) is 19.6. The Balaban J connectivity index is 2.37. The highest BCUT2D eigenvalue weighted by Gasteiger charge is 2.23. The van der Waals surface area contributed by atoms with Gasteiger partial charge in [-0.15, -0.1) is 0 Å². The molecule has 0 aliphatic rings. The number of nitrogens with one attached hydrogen (secondary N) is 3. The van der Waals surface area contributed by atoms with Crippen LogP contribution in [0.4, 0.5) is 16.2 Å². The molecule has 0 unspecified atom stereocenters. The van der Waals surface area contributed by atoms with Crippen LogP contribution < -0.4 is 15.4 Å². The summed E-state index contributed by atoms with van der Waals surface area (Å²) in [5.41, 5.74) is 5.61. The topological polar surface area (TPSA) is 87.3 Å². The number of hydrogen-bond donors (Lipinski definition) is 3. The molecule has 2 aromatic carbocycles. The van der Waals surface area contributed by atoms with Gasteiger partial charge in [0, 0.05) is 18.4 Å². The molecule has 0 atom stereocenters. The van der Waals surface area contributed by atoms with E-state index in [0.29, 0.717) is 16.3 Å². The van der Waals surface area contributed by atoms with Crippen LogP contribution in [0, 0.1) is 34.6 Å². The lowest BCUT2D eigenvalue weighted by Crippen LogP contribution is -2.24. The molecule has 0 aliphatic heterocycles. The van der Waals surface area contributed by atoms with E-state index in [2.05, 4.69) is 15.4 Å². The van der Waals surface area contributed by atoms with E-state index in [1.165, 1.54) is 7.05 Å². The van der Waals surface area contributed by atoms with Crippen LogP contribution >= 0.6 is 0 Å². The Morgan fingerprint density at radius 2 is 1.19 bits per heavy atom. The van der Waals surface area contributed by atoms with Gasteiger partial charge in [0.2, 0.25) is 0 Å². The standard InChI is InChI=1S/C19H25N3O3S/c1-11-12(2)14(4)18(15(5)13(11)3)26(24,25)22-17-9-7-16(8-10-17)21-19(23)20-6/h7-10,22H,1-6H3,(H2,20,21,23). The molecule has 26 heavy (non-hydrogen) atoms. The van der Waals surface area contributed by atoms with Crippen molar-refractivity contribution in [1.29, 1.82) is 0 Å². The zero-order valence-corrected chi connectivity index (χ0v) is 16.8. The van der Waals surface area contributed by atoms with Crippen LogP contribution in [0.15, 0.2) is 29.2 Å². The van der Waals surface area contributed by atoms with Crippen molar-refractivity contribution in [3.8, 4) is 0 Å². The highest BCUT2D eigenvalue weighted by Crippen LogP contribution is 2.30. The van der Waals surface area contributed by atoms with Gasteiger partial charge in [0.1, 0.15) is 0 Å². The summed E-state index contributed by atoms with van der Waals surface area (Å²) in [6.45, 7) is 9.55. The van der Waals surface area contributed by atoms with E-state index < -0.39 is 10.0 Å². The molecule has 3 N–H and O–H groups in total. The first-order chi connectivity index (χ1) is 12.1. The number of carbonyl (C=O) groups excluding carboxylic acids is 1. The lowest BCUT2D eigenvalue weighted by molar-refractivity contribution is 0.254. The Labute approximate surface area is 155 Å². The first-order valence-electron chi connectivity index (χ1n) is 8.27. The molecule has 7 heteroatoms. The molecule has 0 saturated carbocycles. The molecule has 0 heterocycles. The minimum absolute atomic E-state index is 0.325. The second kappa shape index (κ2) is 7.37. The number of anilines is 2. The average molecular weight is 375 g/mol. The summed E-state index contributed by atoms with van der Waals surface area (Å²) in [5, 5.41) is 5.08. The van der Waals surface area contributed by atoms with Crippen LogP contribution in [-0.4, -0.2) is 21.5 Å². The van der Waals surface area contributed by atoms with Crippen LogP contribution in [-0.2, 0) is 10.0 Å². The molecule has 2 rings (SSSR count). The van der Waals surface area contributed by atoms with E-state index in [9.17, 15) is 13.2 Å². The first-order valence-corrected chi connectivity index (χ1v) is 9.75. The fourth-order valence-electron chi connectivity index (χ4n) is 2.89. The van der Waals surface area contributed by atoms with Crippen molar-refractivity contribution in [2.24, 2.45) is 0 Å². The van der Waals surface area contributed by atoms with E-state index in [1.54, 1.807) is 24.3 Å². The van der Waals surface area contributed by atoms with Crippen molar-refractivity contribution in [2.75, 3.05) is 17.1 Å². The number of rotatable bonds is 4. The van der Waals surface area contributed by atoms with E-state index in [0.717, 1.165) is 27.8 Å². The molecule has 2 aromatic rings. The Hall–Kier alpha value is -2.54. The van der Waals surface area contributed by atoms with Gasteiger partial charge < -0.3 is 10.6 Å². The van der Waals surface area contributed by atoms with Crippen LogP contribution in [0.2, 0.25) is 0 Å². The third-order valence-electron chi connectivity index (χ3n) is 4.82. The minimum Gasteiger partial charge on any atom is -0.341 e. The second-order valence-electron chi connectivity index (χ2n) is 6.34. The lowest BCUT2D eigenvalue weighted by atomic mass is 9.95. The number of benzene rings is 2. The van der Waals surface area contributed by atoms with Gasteiger partial charge in [0.05, 0.1) is 4.90 Å². The van der Waals surface area contributed by atoms with Crippen LogP contribution in [0.3, 0.4) is 0 Å². The monoisotopic (exact) mass is 375 g/mol. The van der Waals surface area contributed by atoms with Gasteiger partial charge in [-0.25, -0.2) is 13.2 Å². The fraction of sp³-hybridized carbons (Fsp3) is 0.316. The van der Waals surface area contributed by atoms with Crippen LogP contribution in [0.5, 0.6) is 0 Å². The van der Waals surface area contributed by atoms with E-state index >= 15 is 0 Å². The second-order valence-corrected chi connectivity index (χ2v) is 7.96. The van der Waals surface area contributed by atoms with Gasteiger partial charge in [-0.05, 0) is 86.7 Å². The minimum atomic E-state index is -3.73. The molecule has 2 amide bonds. The van der Waals surface area contributed by atoms with Crippen molar-refractivity contribution in [2.45, 2.75) is 39.5 Å². The van der Waals surface area contributed by atoms with Gasteiger partial charge in [-0.3, -0.25) is 4.72 Å². The number of hydrogen-bond acceptors (Lipinski definition) is 3. The molecule has 0 radical (unpaired) electrons. The molecule has 0 saturated heterocycles. The molecule has 0 bridgehead atoms. The van der Waals surface area contributed by atoms with E-state index in [-0.39, 0.29) is 6.03 Å². The lowest BCUT2D eigenvalue weighted by Gasteiger charge is -2.19. The van der Waals surface area contributed by atoms with Crippen molar-refractivity contribution >= 4 is 27.4 Å². The normalized spacial score (nSPS) is 11.2. The van der Waals surface area contributed by atoms with E-state index in [4.69, 9.17) is 0 Å². The molecular weight excluding hydrogens is 350 g/mol. The fourth-order valence-corrected chi connectivity index (χ4v) is 4.55. The first kappa shape index (κ1) is 19.8. The molecule has 0 aliphatic carbocycles. The smallest absolute Gasteiger partial charge is 0.318 e. The maximum absolute atomic E-state index is 13.0. The Bertz CT molecular complexity index is 920. The maximum atomic E-state index is 13.0. The van der Waals surface area contributed by atoms with Crippen molar-refractivity contribution in [1.82, 2.24) is 5.32 Å². The maximum Gasteiger partial charge on any atom is 0.318 e. The zero-order valence-electron chi connectivity index (χ0n) is 15.9. The van der Waals surface area contributed by atoms with E-state index in [1.807, 2.05) is 34.6 Å². The largest absolute Gasteiger partial charge is 0.341 e. The van der Waals surface area contributed by atoms with Gasteiger partial charge in [-0.2, -0.15) is 0 Å². The predicted molar refractivity (Wildman–Crippen MR) is 105 cm³/mol. The molecule has 0 fully saturated rings. The summed E-state index contributed by atoms with van der Waals surface area (Å²) >= 11 is 0. The number of urea groups is 1. The third-order valence-corrected chi connectivity index (χ3v) is 6.48. The SMILES string of the molecule is CNC(=O)Nc1ccc(NS(=O)(=O)c2c(C)c(C)c(C)c(C)c2C)cc1. The number of sulfonamides is 1. The van der Waals surface area contributed by atoms with Crippen LogP contribution in [0.1, 0.15) is 27.8 Å². The van der Waals surface area contributed by atoms with Gasteiger partial charge in [0.15, 0.2) is 0 Å². The molecule has 0 aromatic heterocycles. The highest BCUT2D eigenvalue weighted by molar-refractivity contribution is 7.92. The molecule has 6 nitrogen and oxygen atoms in total. The Kier molecular flexibility index (Phi) is 5.61. The van der Waals surface area contributed by atoms with Gasteiger partial charge in [0.25, 0.3) is 10.0 Å². The molecular formula is C19H25N3O3S. The summed E-state index contributed by atoms with van der Waals surface area (Å²) in [6, 6.07) is 6.16. The average Bonchev–Trinajstić information content (AvgIpc) is 2.59. The Morgan fingerprint density at radius 3 is 1.65 bits per heavy atom. The summed E-state index contributed by atoms with van der Waals surface area (Å²) in [5.74, 6) is 0. The van der Waals surface area contributed by atoms with Crippen LogP contribution in [0.25, 0.3) is 0 Å². The summed E-state index contributed by atoms with van der Waals surface area (Å²) < 4.78 is 28.6. The Morgan fingerprint density at radius 1 is 0.769 bits per heavy atom. The molecule has 140 valence electrons. The highest BCUT2D eigenvalue weighted by atomic mass is 32.2.